The van der Waals surface area contributed by atoms with E-state index in [1.165, 1.54) is 21.5 Å². The third-order valence-electron chi connectivity index (χ3n) is 21.6. The molecule has 0 saturated heterocycles. The van der Waals surface area contributed by atoms with Gasteiger partial charge in [0.05, 0.1) is 44.8 Å². The predicted octanol–water partition coefficient (Wildman–Crippen LogP) is 27.6. The lowest BCUT2D eigenvalue weighted by molar-refractivity contribution is 0.669. The van der Waals surface area contributed by atoms with Crippen molar-refractivity contribution in [2.75, 3.05) is 0 Å². The molecule has 524 valence electrons. The minimum atomic E-state index is 0.697. The average Bonchev–Trinajstić information content (AvgIpc) is 1.57. The van der Waals surface area contributed by atoms with Crippen molar-refractivity contribution in [3.05, 3.63) is 400 Å². The zero-order chi connectivity index (χ0) is 74.0. The highest BCUT2D eigenvalue weighted by Crippen LogP contribution is 2.43. The van der Waals surface area contributed by atoms with Crippen LogP contribution in [0.1, 0.15) is 0 Å². The molecule has 0 atom stereocenters. The quantitative estimate of drug-likeness (QED) is 0.121. The molecule has 16 aromatic carbocycles. The second-order valence-corrected chi connectivity index (χ2v) is 28.4. The van der Waals surface area contributed by atoms with Crippen LogP contribution in [0.3, 0.4) is 0 Å². The third kappa shape index (κ3) is 11.7. The average molecular weight is 1430 g/mol. The minimum absolute atomic E-state index is 0.697. The van der Waals surface area contributed by atoms with Gasteiger partial charge in [-0.15, -0.1) is 0 Å². The molecule has 0 N–H and O–H groups in total. The fourth-order valence-electron chi connectivity index (χ4n) is 16.3. The maximum atomic E-state index is 6.44. The van der Waals surface area contributed by atoms with Gasteiger partial charge in [-0.3, -0.25) is 0 Å². The number of hydrogen-bond donors (Lipinski definition) is 0. The molecule has 0 radical (unpaired) electrons. The van der Waals surface area contributed by atoms with Crippen molar-refractivity contribution < 1.29 is 8.83 Å². The topological polar surface area (TPSA) is 87.7 Å². The number of para-hydroxylation sites is 6. The second-order valence-electron chi connectivity index (χ2n) is 28.4. The Morgan fingerprint density at radius 1 is 0.179 bits per heavy atom. The van der Waals surface area contributed by atoms with Crippen LogP contribution in [-0.4, -0.2) is 29.1 Å². The van der Waals surface area contributed by atoms with Crippen molar-refractivity contribution in [1.29, 1.82) is 0 Å². The van der Waals surface area contributed by atoms with E-state index in [1.807, 2.05) is 97.1 Å². The Balaban J connectivity index is 0.000000141. The number of fused-ring (bicyclic) bond motifs is 12. The van der Waals surface area contributed by atoms with Crippen molar-refractivity contribution in [2.45, 2.75) is 0 Å². The number of rotatable bonds is 12. The maximum absolute atomic E-state index is 6.44. The zero-order valence-corrected chi connectivity index (χ0v) is 60.6. The first-order valence-corrected chi connectivity index (χ1v) is 37.8. The molecule has 0 aliphatic carbocycles. The van der Waals surface area contributed by atoms with Gasteiger partial charge in [0, 0.05) is 99.0 Å². The Bertz CT molecular complexity index is 6830. The van der Waals surface area contributed by atoms with Crippen molar-refractivity contribution >= 4 is 87.5 Å². The molecule has 0 saturated carbocycles. The number of hydrogen-bond acceptors (Lipinski definition) is 6. The molecule has 0 spiro atoms. The number of aromatic nitrogens is 6. The van der Waals surface area contributed by atoms with E-state index in [4.69, 9.17) is 28.8 Å². The summed E-state index contributed by atoms with van der Waals surface area (Å²) in [6.07, 6.45) is 0. The summed E-state index contributed by atoms with van der Waals surface area (Å²) >= 11 is 0. The molecule has 22 aromatic rings. The van der Waals surface area contributed by atoms with Crippen LogP contribution < -0.4 is 0 Å². The number of furan rings is 2. The summed E-state index contributed by atoms with van der Waals surface area (Å²) in [7, 11) is 0. The van der Waals surface area contributed by atoms with Crippen LogP contribution in [0.4, 0.5) is 0 Å². The normalized spacial score (nSPS) is 11.6. The van der Waals surface area contributed by atoms with Gasteiger partial charge in [0.15, 0.2) is 11.6 Å². The highest BCUT2D eigenvalue weighted by molar-refractivity contribution is 6.14. The summed E-state index contributed by atoms with van der Waals surface area (Å²) in [6, 6.07) is 141. The summed E-state index contributed by atoms with van der Waals surface area (Å²) in [5.74, 6) is 1.41. The van der Waals surface area contributed by atoms with Gasteiger partial charge < -0.3 is 18.0 Å². The molecule has 112 heavy (non-hydrogen) atoms. The lowest BCUT2D eigenvalue weighted by Crippen LogP contribution is -1.96. The predicted molar refractivity (Wildman–Crippen MR) is 462 cm³/mol. The molecule has 0 unspecified atom stereocenters. The minimum Gasteiger partial charge on any atom is -0.455 e. The van der Waals surface area contributed by atoms with E-state index >= 15 is 0 Å². The van der Waals surface area contributed by atoms with Gasteiger partial charge in [0.25, 0.3) is 0 Å². The summed E-state index contributed by atoms with van der Waals surface area (Å²) in [6.45, 7) is 0. The molecular weight excluding hydrogens is 1370 g/mol. The van der Waals surface area contributed by atoms with Crippen molar-refractivity contribution in [3.8, 4) is 124 Å². The lowest BCUT2D eigenvalue weighted by atomic mass is 9.99. The van der Waals surface area contributed by atoms with Crippen LogP contribution in [0, 0.1) is 0 Å². The molecule has 0 bridgehead atoms. The van der Waals surface area contributed by atoms with Crippen LogP contribution in [0.15, 0.2) is 409 Å². The number of benzene rings is 16. The van der Waals surface area contributed by atoms with Crippen LogP contribution in [-0.2, 0) is 0 Å². The third-order valence-corrected chi connectivity index (χ3v) is 21.6. The van der Waals surface area contributed by atoms with E-state index in [0.717, 1.165) is 178 Å². The lowest BCUT2D eigenvalue weighted by Gasteiger charge is -2.12. The SMILES string of the molecule is c1ccc(-c2cc(-c3cccc(-c4ccc5c(c4)c4ccccc4n5-c4cccc(-c5cccc6c5oc5ccccc56)c4)c3)nc(-c3ccccc3)n2)cc1.c1ccc(-c2cc(-c3ccccc3)nc(-c3cccc(-c4ccc5c(c4)c4ccccc4n5-c4cccc(-c5cccc6c5oc5ccccc56)c4)c3)n2)cc1. The Kier molecular flexibility index (Phi) is 16.1. The van der Waals surface area contributed by atoms with Gasteiger partial charge in [0.2, 0.25) is 0 Å². The second kappa shape index (κ2) is 27.6. The fourth-order valence-corrected chi connectivity index (χ4v) is 16.3. The van der Waals surface area contributed by atoms with E-state index in [1.54, 1.807) is 0 Å². The van der Waals surface area contributed by atoms with Gasteiger partial charge in [-0.05, 0) is 130 Å². The summed E-state index contributed by atoms with van der Waals surface area (Å²) in [4.78, 5) is 20.3. The van der Waals surface area contributed by atoms with Gasteiger partial charge in [0.1, 0.15) is 22.3 Å². The maximum Gasteiger partial charge on any atom is 0.160 e. The first-order chi connectivity index (χ1) is 55.5. The Morgan fingerprint density at radius 2 is 0.491 bits per heavy atom. The van der Waals surface area contributed by atoms with E-state index in [2.05, 4.69) is 312 Å². The Morgan fingerprint density at radius 3 is 0.955 bits per heavy atom. The van der Waals surface area contributed by atoms with Crippen LogP contribution in [0.25, 0.3) is 211 Å². The van der Waals surface area contributed by atoms with Gasteiger partial charge >= 0.3 is 0 Å². The summed E-state index contributed by atoms with van der Waals surface area (Å²) in [5, 5.41) is 9.34. The van der Waals surface area contributed by atoms with E-state index in [9.17, 15) is 0 Å². The van der Waals surface area contributed by atoms with E-state index < -0.39 is 0 Å². The van der Waals surface area contributed by atoms with Gasteiger partial charge in [-0.2, -0.15) is 0 Å². The first kappa shape index (κ1) is 65.2. The van der Waals surface area contributed by atoms with Crippen molar-refractivity contribution in [1.82, 2.24) is 29.1 Å². The van der Waals surface area contributed by atoms with Crippen molar-refractivity contribution in [3.63, 3.8) is 0 Å². The summed E-state index contributed by atoms with van der Waals surface area (Å²) in [5.41, 5.74) is 29.1. The highest BCUT2D eigenvalue weighted by atomic mass is 16.3. The van der Waals surface area contributed by atoms with Gasteiger partial charge in [-0.25, -0.2) is 19.9 Å². The van der Waals surface area contributed by atoms with Gasteiger partial charge in [-0.1, -0.05) is 303 Å². The molecule has 6 heterocycles. The fraction of sp³-hybridized carbons (Fsp3) is 0. The van der Waals surface area contributed by atoms with E-state index in [0.29, 0.717) is 11.6 Å². The largest absolute Gasteiger partial charge is 0.455 e. The highest BCUT2D eigenvalue weighted by Gasteiger charge is 2.21. The Labute approximate surface area is 645 Å². The zero-order valence-electron chi connectivity index (χ0n) is 60.6. The molecular formula is C104H66N6O2. The molecule has 22 rings (SSSR count). The van der Waals surface area contributed by atoms with Crippen LogP contribution in [0.2, 0.25) is 0 Å². The first-order valence-electron chi connectivity index (χ1n) is 37.8. The standard InChI is InChI=1S/2C52H33N3O/c1-3-14-34(15-4-1)46-33-47(54-52(53-46)35-16-5-2-6-17-35)39-20-11-18-36(30-39)37-28-29-49-45(32-37)42-22-7-9-26-48(42)55(49)40-21-12-19-38(31-40)41-24-13-25-44-43-23-8-10-27-50(43)56-51(41)44;1-3-14-34(15-4-1)46-33-47(35-16-5-2-6-17-35)54-52(53-46)39-20-11-18-36(30-39)37-28-29-49-45(32-37)42-22-7-9-26-48(42)55(49)40-21-12-19-38(31-40)41-24-13-25-44-43-23-8-10-27-50(43)56-51(41)44/h2*1-33H. The Hall–Kier alpha value is -15.1. The smallest absolute Gasteiger partial charge is 0.160 e. The van der Waals surface area contributed by atoms with Crippen LogP contribution in [0.5, 0.6) is 0 Å². The molecule has 0 aliphatic rings. The van der Waals surface area contributed by atoms with Crippen molar-refractivity contribution in [2.24, 2.45) is 0 Å². The molecule has 0 aliphatic heterocycles. The monoisotopic (exact) mass is 1430 g/mol. The van der Waals surface area contributed by atoms with Crippen LogP contribution >= 0.6 is 0 Å². The summed E-state index contributed by atoms with van der Waals surface area (Å²) < 4.78 is 17.6. The molecule has 0 fully saturated rings. The molecule has 0 amide bonds. The molecule has 8 nitrogen and oxygen atoms in total. The van der Waals surface area contributed by atoms with E-state index in [-0.39, 0.29) is 0 Å². The number of nitrogens with zero attached hydrogens (tertiary/aromatic N) is 6. The molecule has 6 aromatic heterocycles. The molecule has 8 heteroatoms.